The number of nitrogens with zero attached hydrogens (tertiary/aromatic N) is 3. The Bertz CT molecular complexity index is 1500. The van der Waals surface area contributed by atoms with Crippen LogP contribution in [0, 0.1) is 0 Å². The van der Waals surface area contributed by atoms with Gasteiger partial charge in [-0.15, -0.1) is 0 Å². The number of methoxy groups -OCH3 is 1. The van der Waals surface area contributed by atoms with Crippen molar-refractivity contribution < 1.29 is 14.6 Å². The van der Waals surface area contributed by atoms with Crippen LogP contribution in [0.4, 0.5) is 0 Å². The fraction of sp³-hybridized carbons (Fsp3) is 0.103. The Morgan fingerprint density at radius 1 is 1.06 bits per heavy atom. The predicted octanol–water partition coefficient (Wildman–Crippen LogP) is 5.41. The average Bonchev–Trinajstić information content (AvgIpc) is 3.55. The van der Waals surface area contributed by atoms with Crippen molar-refractivity contribution >= 4 is 22.8 Å². The number of carbonyl (C=O) groups excluding carboxylic acids is 1. The normalized spacial score (nSPS) is 11.3. The molecule has 35 heavy (non-hydrogen) atoms. The van der Waals surface area contributed by atoms with Crippen LogP contribution in [0.1, 0.15) is 16.7 Å². The highest BCUT2D eigenvalue weighted by molar-refractivity contribution is 5.97. The third kappa shape index (κ3) is 4.87. The molecule has 174 valence electrons. The monoisotopic (exact) mass is 463 g/mol. The van der Waals surface area contributed by atoms with Crippen molar-refractivity contribution in [2.24, 2.45) is 0 Å². The molecule has 5 aromatic rings. The number of ether oxygens (including phenoxy) is 1. The molecule has 0 saturated carbocycles. The Balaban J connectivity index is 1.34. The van der Waals surface area contributed by atoms with E-state index in [2.05, 4.69) is 52.1 Å². The number of allylic oxidation sites excluding steroid dienone is 1. The van der Waals surface area contributed by atoms with E-state index in [1.54, 1.807) is 42.9 Å². The highest BCUT2D eigenvalue weighted by atomic mass is 16.5. The van der Waals surface area contributed by atoms with Gasteiger partial charge in [0.05, 0.1) is 19.0 Å². The average molecular weight is 464 g/mol. The molecular formula is C29H25N3O3. The number of phenolic OH excluding ortho intramolecular Hbond substituents is 1. The van der Waals surface area contributed by atoms with Crippen LogP contribution in [0.2, 0.25) is 0 Å². The lowest BCUT2D eigenvalue weighted by atomic mass is 10.0. The number of carbonyl (C=O) groups is 1. The summed E-state index contributed by atoms with van der Waals surface area (Å²) in [6.45, 7) is 0.708. The van der Waals surface area contributed by atoms with Crippen molar-refractivity contribution in [3.8, 4) is 17.2 Å². The number of hydrogen-bond donors (Lipinski definition) is 1. The van der Waals surface area contributed by atoms with Crippen molar-refractivity contribution in [3.63, 3.8) is 0 Å². The number of aromatic hydroxyl groups is 1. The molecule has 2 aromatic heterocycles. The number of imidazole rings is 1. The Labute approximate surface area is 203 Å². The number of phenols is 1. The first-order valence-electron chi connectivity index (χ1n) is 11.3. The van der Waals surface area contributed by atoms with Crippen LogP contribution in [-0.2, 0) is 17.8 Å². The highest BCUT2D eigenvalue weighted by Gasteiger charge is 2.10. The summed E-state index contributed by atoms with van der Waals surface area (Å²) < 4.78 is 9.23. The van der Waals surface area contributed by atoms with E-state index in [9.17, 15) is 9.90 Å². The van der Waals surface area contributed by atoms with Gasteiger partial charge in [-0.1, -0.05) is 42.5 Å². The van der Waals surface area contributed by atoms with Gasteiger partial charge < -0.3 is 19.0 Å². The van der Waals surface area contributed by atoms with Gasteiger partial charge in [0.25, 0.3) is 0 Å². The Morgan fingerprint density at radius 3 is 2.66 bits per heavy atom. The van der Waals surface area contributed by atoms with Crippen molar-refractivity contribution in [2.45, 2.75) is 13.0 Å². The summed E-state index contributed by atoms with van der Waals surface area (Å²) in [6, 6.07) is 21.6. The molecule has 0 spiro atoms. The Morgan fingerprint density at radius 2 is 1.91 bits per heavy atom. The summed E-state index contributed by atoms with van der Waals surface area (Å²) in [5.41, 5.74) is 5.01. The van der Waals surface area contributed by atoms with E-state index < -0.39 is 0 Å². The van der Waals surface area contributed by atoms with Gasteiger partial charge in [-0.25, -0.2) is 4.98 Å². The lowest BCUT2D eigenvalue weighted by molar-refractivity contribution is -0.113. The first-order chi connectivity index (χ1) is 17.1. The first-order valence-corrected chi connectivity index (χ1v) is 11.3. The number of benzene rings is 3. The van der Waals surface area contributed by atoms with Gasteiger partial charge in [-0.3, -0.25) is 4.79 Å². The van der Waals surface area contributed by atoms with E-state index in [4.69, 9.17) is 4.74 Å². The standard InChI is InChI=1S/C29H25N3O3/c1-35-28-12-8-21(17-27(28)34)7-11-26(33)18-24-4-2-3-23-13-15-31(29(23)24)19-22-5-9-25(10-6-22)32-16-14-30-20-32/h2-17,20,34H,18-19H2,1H3/b11-7+. The summed E-state index contributed by atoms with van der Waals surface area (Å²) in [5, 5.41) is 11.1. The van der Waals surface area contributed by atoms with E-state index in [0.29, 0.717) is 18.7 Å². The summed E-state index contributed by atoms with van der Waals surface area (Å²) in [6.07, 6.45) is 11.1. The van der Waals surface area contributed by atoms with Gasteiger partial charge in [0.15, 0.2) is 17.3 Å². The molecule has 0 aliphatic rings. The molecule has 0 saturated heterocycles. The molecule has 0 aliphatic heterocycles. The van der Waals surface area contributed by atoms with E-state index in [0.717, 1.165) is 27.7 Å². The zero-order chi connectivity index (χ0) is 24.2. The van der Waals surface area contributed by atoms with Gasteiger partial charge in [-0.05, 0) is 58.5 Å². The highest BCUT2D eigenvalue weighted by Crippen LogP contribution is 2.27. The van der Waals surface area contributed by atoms with Crippen LogP contribution in [0.25, 0.3) is 22.7 Å². The molecule has 6 heteroatoms. The zero-order valence-electron chi connectivity index (χ0n) is 19.3. The number of hydrogen-bond acceptors (Lipinski definition) is 4. The minimum atomic E-state index is -0.00903. The lowest BCUT2D eigenvalue weighted by Crippen LogP contribution is -2.04. The maximum atomic E-state index is 12.8. The third-order valence-corrected chi connectivity index (χ3v) is 5.99. The molecule has 0 atom stereocenters. The molecular weight excluding hydrogens is 438 g/mol. The SMILES string of the molecule is COc1ccc(/C=C/C(=O)Cc2cccc3ccn(Cc4ccc(-n5ccnc5)cc4)c23)cc1O. The summed E-state index contributed by atoms with van der Waals surface area (Å²) in [7, 11) is 1.50. The van der Waals surface area contributed by atoms with Gasteiger partial charge in [-0.2, -0.15) is 0 Å². The maximum absolute atomic E-state index is 12.8. The smallest absolute Gasteiger partial charge is 0.160 e. The second-order valence-electron chi connectivity index (χ2n) is 8.34. The molecule has 3 aromatic carbocycles. The number of rotatable bonds is 8. The third-order valence-electron chi connectivity index (χ3n) is 5.99. The summed E-state index contributed by atoms with van der Waals surface area (Å²) in [4.78, 5) is 16.9. The van der Waals surface area contributed by atoms with E-state index in [-0.39, 0.29) is 11.5 Å². The molecule has 6 nitrogen and oxygen atoms in total. The molecule has 2 heterocycles. The van der Waals surface area contributed by atoms with Crippen molar-refractivity contribution in [1.82, 2.24) is 14.1 Å². The molecule has 1 N–H and O–H groups in total. The number of aromatic nitrogens is 3. The van der Waals surface area contributed by atoms with Gasteiger partial charge in [0, 0.05) is 37.2 Å². The summed E-state index contributed by atoms with van der Waals surface area (Å²) in [5.74, 6) is 0.435. The maximum Gasteiger partial charge on any atom is 0.160 e. The van der Waals surface area contributed by atoms with Crippen LogP contribution in [0.3, 0.4) is 0 Å². The quantitative estimate of drug-likeness (QED) is 0.312. The number of para-hydroxylation sites is 1. The van der Waals surface area contributed by atoms with Crippen molar-refractivity contribution in [2.75, 3.05) is 7.11 Å². The Kier molecular flexibility index (Phi) is 6.18. The molecule has 0 unspecified atom stereocenters. The van der Waals surface area contributed by atoms with Gasteiger partial charge >= 0.3 is 0 Å². The largest absolute Gasteiger partial charge is 0.504 e. The fourth-order valence-corrected chi connectivity index (χ4v) is 4.24. The molecule has 5 rings (SSSR count). The number of ketones is 1. The van der Waals surface area contributed by atoms with Crippen molar-refractivity contribution in [3.05, 3.63) is 114 Å². The zero-order valence-corrected chi connectivity index (χ0v) is 19.3. The minimum absolute atomic E-state index is 0.00903. The second kappa shape index (κ2) is 9.73. The molecule has 0 bridgehead atoms. The van der Waals surface area contributed by atoms with Crippen LogP contribution >= 0.6 is 0 Å². The van der Waals surface area contributed by atoms with Crippen LogP contribution < -0.4 is 4.74 Å². The Hall–Kier alpha value is -4.58. The summed E-state index contributed by atoms with van der Waals surface area (Å²) >= 11 is 0. The second-order valence-corrected chi connectivity index (χ2v) is 8.34. The van der Waals surface area contributed by atoms with E-state index in [1.807, 2.05) is 22.9 Å². The minimum Gasteiger partial charge on any atom is -0.504 e. The predicted molar refractivity (Wildman–Crippen MR) is 137 cm³/mol. The van der Waals surface area contributed by atoms with Gasteiger partial charge in [0.1, 0.15) is 0 Å². The fourth-order valence-electron chi connectivity index (χ4n) is 4.24. The van der Waals surface area contributed by atoms with Crippen LogP contribution in [-0.4, -0.2) is 32.1 Å². The number of fused-ring (bicyclic) bond motifs is 1. The van der Waals surface area contributed by atoms with E-state index in [1.165, 1.54) is 12.7 Å². The molecule has 0 fully saturated rings. The molecule has 0 aliphatic carbocycles. The van der Waals surface area contributed by atoms with E-state index >= 15 is 0 Å². The lowest BCUT2D eigenvalue weighted by Gasteiger charge is -2.10. The molecule has 0 amide bonds. The van der Waals surface area contributed by atoms with Crippen molar-refractivity contribution in [1.29, 1.82) is 0 Å². The first kappa shape index (κ1) is 22.2. The topological polar surface area (TPSA) is 69.3 Å². The molecule has 0 radical (unpaired) electrons. The van der Waals surface area contributed by atoms with Crippen LogP contribution in [0.15, 0.2) is 97.7 Å². The van der Waals surface area contributed by atoms with Crippen LogP contribution in [0.5, 0.6) is 11.5 Å². The van der Waals surface area contributed by atoms with Gasteiger partial charge in [0.2, 0.25) is 0 Å².